The van der Waals surface area contributed by atoms with Gasteiger partial charge in [-0.15, -0.1) is 0 Å². The number of ketones is 1. The summed E-state index contributed by atoms with van der Waals surface area (Å²) < 4.78 is 5.13. The zero-order valence-electron chi connectivity index (χ0n) is 11.9. The summed E-state index contributed by atoms with van der Waals surface area (Å²) in [6, 6.07) is 0. The summed E-state index contributed by atoms with van der Waals surface area (Å²) in [6.45, 7) is 9.81. The van der Waals surface area contributed by atoms with Crippen LogP contribution in [0.3, 0.4) is 0 Å². The number of hydrogen-bond acceptors (Lipinski definition) is 3. The van der Waals surface area contributed by atoms with Crippen molar-refractivity contribution in [1.29, 1.82) is 0 Å². The van der Waals surface area contributed by atoms with Crippen LogP contribution in [-0.4, -0.2) is 24.0 Å². The van der Waals surface area contributed by atoms with E-state index in [2.05, 4.69) is 5.32 Å². The van der Waals surface area contributed by atoms with Gasteiger partial charge in [0.1, 0.15) is 5.60 Å². The van der Waals surface area contributed by atoms with Gasteiger partial charge >= 0.3 is 6.09 Å². The summed E-state index contributed by atoms with van der Waals surface area (Å²) in [5, 5.41) is 2.71. The first-order valence-corrected chi connectivity index (χ1v) is 6.34. The van der Waals surface area contributed by atoms with Crippen LogP contribution in [0.1, 0.15) is 41.0 Å². The van der Waals surface area contributed by atoms with Crippen molar-refractivity contribution in [3.8, 4) is 0 Å². The third-order valence-electron chi connectivity index (χ3n) is 2.63. The summed E-state index contributed by atoms with van der Waals surface area (Å²) in [6.07, 6.45) is 2.12. The van der Waals surface area contributed by atoms with Gasteiger partial charge < -0.3 is 10.1 Å². The van der Waals surface area contributed by atoms with Crippen molar-refractivity contribution in [2.24, 2.45) is 11.8 Å². The van der Waals surface area contributed by atoms with Crippen molar-refractivity contribution in [3.63, 3.8) is 0 Å². The predicted octanol–water partition coefficient (Wildman–Crippen LogP) is 2.68. The summed E-state index contributed by atoms with van der Waals surface area (Å²) in [4.78, 5) is 23.1. The van der Waals surface area contributed by atoms with E-state index in [-0.39, 0.29) is 17.6 Å². The molecule has 0 aromatic carbocycles. The Kier molecular flexibility index (Phi) is 4.54. The van der Waals surface area contributed by atoms with Gasteiger partial charge in [0.25, 0.3) is 0 Å². The first kappa shape index (κ1) is 14.7. The summed E-state index contributed by atoms with van der Waals surface area (Å²) >= 11 is 0. The van der Waals surface area contributed by atoms with E-state index < -0.39 is 11.7 Å². The first-order chi connectivity index (χ1) is 8.19. The molecule has 0 aromatic rings. The lowest BCUT2D eigenvalue weighted by molar-refractivity contribution is -0.116. The molecule has 102 valence electrons. The Morgan fingerprint density at radius 1 is 1.33 bits per heavy atom. The Labute approximate surface area is 109 Å². The van der Waals surface area contributed by atoms with Crippen LogP contribution < -0.4 is 5.32 Å². The fourth-order valence-corrected chi connectivity index (χ4v) is 1.74. The van der Waals surface area contributed by atoms with Crippen LogP contribution in [0.15, 0.2) is 11.6 Å². The largest absolute Gasteiger partial charge is 0.444 e. The minimum absolute atomic E-state index is 0.0786. The number of nitrogens with one attached hydrogen (secondary N) is 1. The number of carbonyl (C=O) groups excluding carboxylic acids is 2. The molecule has 1 amide bonds. The Morgan fingerprint density at radius 2 is 1.94 bits per heavy atom. The molecule has 1 aliphatic carbocycles. The minimum Gasteiger partial charge on any atom is -0.444 e. The Bertz CT molecular complexity index is 362. The molecule has 1 rings (SSSR count). The van der Waals surface area contributed by atoms with Crippen molar-refractivity contribution in [1.82, 2.24) is 5.32 Å². The third-order valence-corrected chi connectivity index (χ3v) is 2.63. The number of ether oxygens (including phenoxy) is 1. The van der Waals surface area contributed by atoms with Crippen molar-refractivity contribution in [2.75, 3.05) is 6.54 Å². The molecule has 1 saturated carbocycles. The summed E-state index contributed by atoms with van der Waals surface area (Å²) in [7, 11) is 0. The SMILES string of the molecule is CC(C)=CC(=O)C1CC1CNC(=O)OC(C)(C)C. The maximum atomic E-state index is 11.7. The monoisotopic (exact) mass is 253 g/mol. The maximum Gasteiger partial charge on any atom is 0.407 e. The van der Waals surface area contributed by atoms with E-state index in [1.807, 2.05) is 34.6 Å². The van der Waals surface area contributed by atoms with Crippen molar-refractivity contribution in [3.05, 3.63) is 11.6 Å². The van der Waals surface area contributed by atoms with E-state index in [4.69, 9.17) is 4.74 Å². The molecule has 4 nitrogen and oxygen atoms in total. The van der Waals surface area contributed by atoms with Crippen LogP contribution in [0.25, 0.3) is 0 Å². The number of alkyl carbamates (subject to hydrolysis) is 1. The highest BCUT2D eigenvalue weighted by Gasteiger charge is 2.41. The zero-order chi connectivity index (χ0) is 13.9. The molecule has 0 aliphatic heterocycles. The highest BCUT2D eigenvalue weighted by Crippen LogP contribution is 2.39. The third kappa shape index (κ3) is 5.34. The van der Waals surface area contributed by atoms with Gasteiger partial charge in [-0.05, 0) is 53.0 Å². The molecule has 0 bridgehead atoms. The lowest BCUT2D eigenvalue weighted by atomic mass is 10.1. The van der Waals surface area contributed by atoms with Crippen LogP contribution in [0, 0.1) is 11.8 Å². The van der Waals surface area contributed by atoms with Crippen LogP contribution in [0.4, 0.5) is 4.79 Å². The maximum absolute atomic E-state index is 11.7. The number of carbonyl (C=O) groups is 2. The summed E-state index contributed by atoms with van der Waals surface area (Å²) in [5.74, 6) is 0.515. The quantitative estimate of drug-likeness (QED) is 0.784. The Hall–Kier alpha value is -1.32. The van der Waals surface area contributed by atoms with Gasteiger partial charge in [-0.25, -0.2) is 4.79 Å². The number of amides is 1. The van der Waals surface area contributed by atoms with Gasteiger partial charge in [-0.1, -0.05) is 5.57 Å². The van der Waals surface area contributed by atoms with Gasteiger partial charge in [0.2, 0.25) is 0 Å². The molecule has 0 aromatic heterocycles. The number of hydrogen-bond donors (Lipinski definition) is 1. The van der Waals surface area contributed by atoms with Crippen molar-refractivity contribution in [2.45, 2.75) is 46.6 Å². The zero-order valence-corrected chi connectivity index (χ0v) is 11.9. The first-order valence-electron chi connectivity index (χ1n) is 6.34. The lowest BCUT2D eigenvalue weighted by Gasteiger charge is -2.19. The van der Waals surface area contributed by atoms with Crippen LogP contribution >= 0.6 is 0 Å². The molecule has 18 heavy (non-hydrogen) atoms. The number of rotatable bonds is 4. The van der Waals surface area contributed by atoms with Crippen LogP contribution in [0.2, 0.25) is 0 Å². The molecular weight excluding hydrogens is 230 g/mol. The van der Waals surface area contributed by atoms with Crippen molar-refractivity contribution < 1.29 is 14.3 Å². The molecule has 0 spiro atoms. The van der Waals surface area contributed by atoms with Crippen LogP contribution in [0.5, 0.6) is 0 Å². The summed E-state index contributed by atoms with van der Waals surface area (Å²) in [5.41, 5.74) is 0.538. The van der Waals surface area contributed by atoms with E-state index in [1.165, 1.54) is 0 Å². The van der Waals surface area contributed by atoms with Gasteiger partial charge in [0, 0.05) is 12.5 Å². The number of allylic oxidation sites excluding steroid dienone is 2. The van der Waals surface area contributed by atoms with E-state index in [1.54, 1.807) is 6.08 Å². The normalized spacial score (nSPS) is 22.1. The molecule has 0 saturated heterocycles. The molecule has 1 fully saturated rings. The smallest absolute Gasteiger partial charge is 0.407 e. The van der Waals surface area contributed by atoms with E-state index >= 15 is 0 Å². The van der Waals surface area contributed by atoms with Gasteiger partial charge in [0.05, 0.1) is 0 Å². The minimum atomic E-state index is -0.481. The van der Waals surface area contributed by atoms with Gasteiger partial charge in [-0.2, -0.15) is 0 Å². The van der Waals surface area contributed by atoms with E-state index in [9.17, 15) is 9.59 Å². The van der Waals surface area contributed by atoms with Crippen LogP contribution in [-0.2, 0) is 9.53 Å². The molecule has 1 N–H and O–H groups in total. The highest BCUT2D eigenvalue weighted by atomic mass is 16.6. The topological polar surface area (TPSA) is 55.4 Å². The average Bonchev–Trinajstić information content (AvgIpc) is 2.89. The van der Waals surface area contributed by atoms with E-state index in [0.29, 0.717) is 6.54 Å². The molecule has 4 heteroatoms. The molecule has 0 radical (unpaired) electrons. The second-order valence-corrected chi connectivity index (χ2v) is 6.11. The molecular formula is C14H23NO3. The Morgan fingerprint density at radius 3 is 2.44 bits per heavy atom. The van der Waals surface area contributed by atoms with Crippen molar-refractivity contribution >= 4 is 11.9 Å². The average molecular weight is 253 g/mol. The van der Waals surface area contributed by atoms with Gasteiger partial charge in [0.15, 0.2) is 5.78 Å². The second-order valence-electron chi connectivity index (χ2n) is 6.11. The van der Waals surface area contributed by atoms with Gasteiger partial charge in [-0.3, -0.25) is 4.79 Å². The highest BCUT2D eigenvalue weighted by molar-refractivity contribution is 5.94. The lowest BCUT2D eigenvalue weighted by Crippen LogP contribution is -2.33. The Balaban J connectivity index is 2.26. The molecule has 1 aliphatic rings. The molecule has 0 heterocycles. The second kappa shape index (κ2) is 5.55. The fraction of sp³-hybridized carbons (Fsp3) is 0.714. The fourth-order valence-electron chi connectivity index (χ4n) is 1.74. The predicted molar refractivity (Wildman–Crippen MR) is 70.3 cm³/mol. The molecule has 2 atom stereocenters. The molecule has 2 unspecified atom stereocenters. The standard InChI is InChI=1S/C14H23NO3/c1-9(2)6-12(16)11-7-10(11)8-15-13(17)18-14(3,4)5/h6,10-11H,7-8H2,1-5H3,(H,15,17). The van der Waals surface area contributed by atoms with E-state index in [0.717, 1.165) is 12.0 Å².